The van der Waals surface area contributed by atoms with Crippen molar-refractivity contribution in [3.63, 3.8) is 0 Å². The van der Waals surface area contributed by atoms with Crippen molar-refractivity contribution in [3.05, 3.63) is 52.4 Å². The molecular weight excluding hydrogens is 364 g/mol. The quantitative estimate of drug-likeness (QED) is 0.510. The number of thiophene rings is 1. The smallest absolute Gasteiger partial charge is 0.340 e. The fourth-order valence-electron chi connectivity index (χ4n) is 2.71. The zero-order valence-electron chi connectivity index (χ0n) is 15.6. The molecule has 1 aromatic carbocycles. The predicted octanol–water partition coefficient (Wildman–Crippen LogP) is 4.94. The van der Waals surface area contributed by atoms with Gasteiger partial charge in [-0.2, -0.15) is 0 Å². The van der Waals surface area contributed by atoms with Crippen LogP contribution in [-0.2, 0) is 11.2 Å². The zero-order chi connectivity index (χ0) is 18.9. The first kappa shape index (κ1) is 20.4. The van der Waals surface area contributed by atoms with Crippen LogP contribution in [0.5, 0.6) is 0 Å². The summed E-state index contributed by atoms with van der Waals surface area (Å²) in [6, 6.07) is 12.1. The second-order valence-corrected chi connectivity index (χ2v) is 7.55. The molecule has 4 nitrogen and oxygen atoms in total. The average Bonchev–Trinajstić information content (AvgIpc) is 3.03. The molecule has 2 aromatic rings. The van der Waals surface area contributed by atoms with Gasteiger partial charge in [0.05, 0.1) is 12.7 Å². The molecule has 0 spiro atoms. The molecule has 6 heteroatoms. The van der Waals surface area contributed by atoms with E-state index >= 15 is 0 Å². The van der Waals surface area contributed by atoms with Gasteiger partial charge >= 0.3 is 5.97 Å². The van der Waals surface area contributed by atoms with Gasteiger partial charge in [0.1, 0.15) is 5.00 Å². The third kappa shape index (κ3) is 5.54. The molecule has 1 aromatic heterocycles. The van der Waals surface area contributed by atoms with Gasteiger partial charge in [-0.1, -0.05) is 44.2 Å². The van der Waals surface area contributed by atoms with Gasteiger partial charge in [-0.25, -0.2) is 4.79 Å². The van der Waals surface area contributed by atoms with Crippen molar-refractivity contribution in [2.45, 2.75) is 33.1 Å². The van der Waals surface area contributed by atoms with Gasteiger partial charge in [0.25, 0.3) is 0 Å². The lowest BCUT2D eigenvalue weighted by Gasteiger charge is -2.24. The summed E-state index contributed by atoms with van der Waals surface area (Å²) >= 11 is 7.13. The van der Waals surface area contributed by atoms with E-state index in [0.717, 1.165) is 42.2 Å². The van der Waals surface area contributed by atoms with Crippen molar-refractivity contribution in [2.24, 2.45) is 0 Å². The maximum atomic E-state index is 12.2. The van der Waals surface area contributed by atoms with E-state index in [1.807, 2.05) is 24.3 Å². The molecule has 0 atom stereocenters. The maximum absolute atomic E-state index is 12.2. The molecule has 0 aliphatic heterocycles. The molecule has 0 unspecified atom stereocenters. The number of hydrogen-bond donors (Lipinski definition) is 1. The van der Waals surface area contributed by atoms with Gasteiger partial charge in [-0.3, -0.25) is 0 Å². The number of carbonyl (C=O) groups is 1. The number of hydrogen-bond acceptors (Lipinski definition) is 4. The molecule has 0 aliphatic carbocycles. The van der Waals surface area contributed by atoms with E-state index in [-0.39, 0.29) is 5.97 Å². The summed E-state index contributed by atoms with van der Waals surface area (Å²) in [5.74, 6) is -0.344. The first-order chi connectivity index (χ1) is 12.6. The number of ether oxygens (including phenoxy) is 1. The molecule has 1 heterocycles. The fourth-order valence-corrected chi connectivity index (χ4v) is 4.14. The number of nitrogens with zero attached hydrogens (tertiary/aromatic N) is 1. The van der Waals surface area contributed by atoms with Gasteiger partial charge in [-0.05, 0) is 36.7 Å². The van der Waals surface area contributed by atoms with Gasteiger partial charge in [0.15, 0.2) is 5.11 Å². The third-order valence-corrected chi connectivity index (χ3v) is 5.32. The number of carbonyl (C=O) groups excluding carboxylic acids is 1. The highest BCUT2D eigenvalue weighted by atomic mass is 32.1. The molecule has 1 N–H and O–H groups in total. The highest BCUT2D eigenvalue weighted by Gasteiger charge is 2.19. The summed E-state index contributed by atoms with van der Waals surface area (Å²) in [4.78, 5) is 15.4. The van der Waals surface area contributed by atoms with E-state index in [1.54, 1.807) is 11.3 Å². The van der Waals surface area contributed by atoms with Crippen molar-refractivity contribution in [1.82, 2.24) is 4.90 Å². The van der Waals surface area contributed by atoms with Crippen molar-refractivity contribution < 1.29 is 9.53 Å². The Morgan fingerprint density at radius 1 is 1.19 bits per heavy atom. The van der Waals surface area contributed by atoms with Crippen LogP contribution in [0.25, 0.3) is 0 Å². The largest absolute Gasteiger partial charge is 0.465 e. The number of benzene rings is 1. The van der Waals surface area contributed by atoms with Crippen molar-refractivity contribution in [3.8, 4) is 0 Å². The van der Waals surface area contributed by atoms with Crippen LogP contribution in [0.2, 0.25) is 0 Å². The highest BCUT2D eigenvalue weighted by molar-refractivity contribution is 7.80. The van der Waals surface area contributed by atoms with Crippen molar-refractivity contribution in [2.75, 3.05) is 25.5 Å². The van der Waals surface area contributed by atoms with Crippen molar-refractivity contribution >= 4 is 39.6 Å². The molecule has 0 bridgehead atoms. The molecule has 2 rings (SSSR count). The SMILES string of the molecule is CCCN(CCC)C(=S)Nc1sc(Cc2ccccc2)cc1C(=O)OC. The van der Waals surface area contributed by atoms with Crippen LogP contribution in [0.4, 0.5) is 5.00 Å². The molecule has 26 heavy (non-hydrogen) atoms. The molecule has 0 saturated heterocycles. The zero-order valence-corrected chi connectivity index (χ0v) is 17.2. The van der Waals surface area contributed by atoms with E-state index in [9.17, 15) is 4.79 Å². The first-order valence-electron chi connectivity index (χ1n) is 8.89. The summed E-state index contributed by atoms with van der Waals surface area (Å²) in [6.07, 6.45) is 2.82. The lowest BCUT2D eigenvalue weighted by molar-refractivity contribution is 0.0602. The molecular formula is C20H26N2O2S2. The van der Waals surface area contributed by atoms with E-state index in [4.69, 9.17) is 17.0 Å². The minimum atomic E-state index is -0.344. The summed E-state index contributed by atoms with van der Waals surface area (Å²) in [5.41, 5.74) is 1.75. The standard InChI is InChI=1S/C20H26N2O2S2/c1-4-11-22(12-5-2)20(25)21-18-17(19(23)24-3)14-16(26-18)13-15-9-7-6-8-10-15/h6-10,14H,4-5,11-13H2,1-3H3,(H,21,25). The Morgan fingerprint density at radius 3 is 2.42 bits per heavy atom. The van der Waals surface area contributed by atoms with Gasteiger partial charge in [0.2, 0.25) is 0 Å². The van der Waals surface area contributed by atoms with Crippen LogP contribution < -0.4 is 5.32 Å². The van der Waals surface area contributed by atoms with E-state index < -0.39 is 0 Å². The van der Waals surface area contributed by atoms with Gasteiger partial charge in [-0.15, -0.1) is 11.3 Å². The van der Waals surface area contributed by atoms with Crippen LogP contribution in [0, 0.1) is 0 Å². The Hall–Kier alpha value is -1.92. The Kier molecular flexibility index (Phi) is 8.06. The Morgan fingerprint density at radius 2 is 1.85 bits per heavy atom. The molecule has 0 radical (unpaired) electrons. The number of esters is 1. The lowest BCUT2D eigenvalue weighted by Crippen LogP contribution is -2.36. The van der Waals surface area contributed by atoms with E-state index in [0.29, 0.717) is 10.7 Å². The van der Waals surface area contributed by atoms with E-state index in [2.05, 4.69) is 36.2 Å². The molecule has 0 fully saturated rings. The second kappa shape index (κ2) is 10.3. The normalized spacial score (nSPS) is 10.4. The summed E-state index contributed by atoms with van der Waals surface area (Å²) < 4.78 is 4.95. The summed E-state index contributed by atoms with van der Waals surface area (Å²) in [7, 11) is 1.40. The Bertz CT molecular complexity index is 723. The topological polar surface area (TPSA) is 41.6 Å². The maximum Gasteiger partial charge on any atom is 0.340 e. The van der Waals surface area contributed by atoms with Crippen LogP contribution in [0.1, 0.15) is 47.5 Å². The van der Waals surface area contributed by atoms with Crippen LogP contribution in [0.3, 0.4) is 0 Å². The summed E-state index contributed by atoms with van der Waals surface area (Å²) in [6.45, 7) is 6.06. The van der Waals surface area contributed by atoms with E-state index in [1.165, 1.54) is 12.7 Å². The Balaban J connectivity index is 2.22. The minimum absolute atomic E-state index is 0.344. The average molecular weight is 391 g/mol. The molecule has 0 aliphatic rings. The van der Waals surface area contributed by atoms with Crippen LogP contribution >= 0.6 is 23.6 Å². The predicted molar refractivity (Wildman–Crippen MR) is 113 cm³/mol. The van der Waals surface area contributed by atoms with Crippen molar-refractivity contribution in [1.29, 1.82) is 0 Å². The first-order valence-corrected chi connectivity index (χ1v) is 10.1. The molecule has 0 amide bonds. The number of methoxy groups -OCH3 is 1. The molecule has 140 valence electrons. The number of rotatable bonds is 8. The monoisotopic (exact) mass is 390 g/mol. The van der Waals surface area contributed by atoms with Crippen LogP contribution in [-0.4, -0.2) is 36.2 Å². The Labute approximate surface area is 165 Å². The second-order valence-electron chi connectivity index (χ2n) is 6.03. The van der Waals surface area contributed by atoms with Gasteiger partial charge in [0, 0.05) is 24.4 Å². The number of nitrogens with one attached hydrogen (secondary N) is 1. The number of anilines is 1. The third-order valence-electron chi connectivity index (χ3n) is 3.90. The number of thiocarbonyl (C=S) groups is 1. The highest BCUT2D eigenvalue weighted by Crippen LogP contribution is 2.31. The lowest BCUT2D eigenvalue weighted by atomic mass is 10.1. The molecule has 0 saturated carbocycles. The van der Waals surface area contributed by atoms with Crippen LogP contribution in [0.15, 0.2) is 36.4 Å². The fraction of sp³-hybridized carbons (Fsp3) is 0.400. The minimum Gasteiger partial charge on any atom is -0.465 e. The van der Waals surface area contributed by atoms with Gasteiger partial charge < -0.3 is 15.0 Å². The summed E-state index contributed by atoms with van der Waals surface area (Å²) in [5, 5.41) is 4.69.